The van der Waals surface area contributed by atoms with Crippen LogP contribution in [-0.2, 0) is 6.42 Å². The van der Waals surface area contributed by atoms with E-state index >= 15 is 0 Å². The number of hydrazine groups is 1. The van der Waals surface area contributed by atoms with E-state index < -0.39 is 0 Å². The van der Waals surface area contributed by atoms with Crippen molar-refractivity contribution < 1.29 is 4.39 Å². The van der Waals surface area contributed by atoms with Crippen molar-refractivity contribution in [2.75, 3.05) is 0 Å². The summed E-state index contributed by atoms with van der Waals surface area (Å²) in [5, 5.41) is 4.38. The van der Waals surface area contributed by atoms with E-state index in [4.69, 9.17) is 17.4 Å². The predicted molar refractivity (Wildman–Crippen MR) is 69.5 cm³/mol. The molecule has 0 aliphatic rings. The molecule has 3 N–H and O–H groups in total. The summed E-state index contributed by atoms with van der Waals surface area (Å²) in [5.74, 6) is 5.20. The average molecular weight is 271 g/mol. The maximum atomic E-state index is 13.6. The summed E-state index contributed by atoms with van der Waals surface area (Å²) in [6, 6.07) is 6.51. The van der Waals surface area contributed by atoms with Crippen molar-refractivity contribution in [2.24, 2.45) is 5.84 Å². The summed E-state index contributed by atoms with van der Waals surface area (Å²) in [5.41, 5.74) is 4.22. The van der Waals surface area contributed by atoms with Crippen molar-refractivity contribution >= 4 is 22.9 Å². The highest BCUT2D eigenvalue weighted by Crippen LogP contribution is 2.26. The quantitative estimate of drug-likeness (QED) is 0.661. The first-order valence-electron chi connectivity index (χ1n) is 5.13. The van der Waals surface area contributed by atoms with E-state index in [0.29, 0.717) is 17.0 Å². The molecule has 2 aromatic rings. The minimum atomic E-state index is -0.298. The van der Waals surface area contributed by atoms with Gasteiger partial charge in [0.05, 0.1) is 6.04 Å². The van der Waals surface area contributed by atoms with Crippen LogP contribution >= 0.6 is 22.9 Å². The van der Waals surface area contributed by atoms with Crippen LogP contribution in [0.15, 0.2) is 35.0 Å². The molecule has 0 aliphatic carbocycles. The fraction of sp³-hybridized carbons (Fsp3) is 0.167. The molecule has 2 rings (SSSR count). The van der Waals surface area contributed by atoms with Gasteiger partial charge in [0.1, 0.15) is 5.82 Å². The second-order valence-corrected chi connectivity index (χ2v) is 4.87. The van der Waals surface area contributed by atoms with E-state index in [2.05, 4.69) is 5.43 Å². The van der Waals surface area contributed by atoms with E-state index in [1.807, 2.05) is 16.8 Å². The van der Waals surface area contributed by atoms with E-state index in [-0.39, 0.29) is 11.9 Å². The number of nitrogens with two attached hydrogens (primary N) is 1. The highest BCUT2D eigenvalue weighted by atomic mass is 35.5. The van der Waals surface area contributed by atoms with Crippen LogP contribution in [0.5, 0.6) is 0 Å². The zero-order valence-corrected chi connectivity index (χ0v) is 10.6. The first-order chi connectivity index (χ1) is 8.22. The Morgan fingerprint density at radius 1 is 1.41 bits per heavy atom. The molecule has 90 valence electrons. The smallest absolute Gasteiger partial charge is 0.127 e. The van der Waals surface area contributed by atoms with Crippen molar-refractivity contribution in [3.8, 4) is 0 Å². The predicted octanol–water partition coefficient (Wildman–Crippen LogP) is 3.29. The Balaban J connectivity index is 2.25. The van der Waals surface area contributed by atoms with Crippen LogP contribution in [0.3, 0.4) is 0 Å². The monoisotopic (exact) mass is 270 g/mol. The molecular weight excluding hydrogens is 259 g/mol. The number of thiophene rings is 1. The van der Waals surface area contributed by atoms with Crippen LogP contribution in [0.25, 0.3) is 0 Å². The van der Waals surface area contributed by atoms with Gasteiger partial charge in [0.2, 0.25) is 0 Å². The summed E-state index contributed by atoms with van der Waals surface area (Å²) in [6.07, 6.45) is 0.429. The zero-order valence-electron chi connectivity index (χ0n) is 8.99. The second-order valence-electron chi connectivity index (χ2n) is 3.68. The number of halogens is 2. The molecule has 0 bridgehead atoms. The van der Waals surface area contributed by atoms with Crippen molar-refractivity contribution in [3.63, 3.8) is 0 Å². The molecule has 0 saturated heterocycles. The maximum Gasteiger partial charge on any atom is 0.127 e. The highest BCUT2D eigenvalue weighted by Gasteiger charge is 2.15. The third-order valence-corrected chi connectivity index (χ3v) is 3.67. The lowest BCUT2D eigenvalue weighted by Gasteiger charge is -2.16. The van der Waals surface area contributed by atoms with Crippen LogP contribution < -0.4 is 11.3 Å². The topological polar surface area (TPSA) is 38.0 Å². The number of nitrogens with one attached hydrogen (secondary N) is 1. The van der Waals surface area contributed by atoms with Crippen molar-refractivity contribution in [1.29, 1.82) is 0 Å². The van der Waals surface area contributed by atoms with Gasteiger partial charge < -0.3 is 0 Å². The lowest BCUT2D eigenvalue weighted by molar-refractivity contribution is 0.530. The molecule has 1 unspecified atom stereocenters. The number of rotatable bonds is 4. The lowest BCUT2D eigenvalue weighted by atomic mass is 10.0. The van der Waals surface area contributed by atoms with Gasteiger partial charge in [-0.2, -0.15) is 11.3 Å². The Morgan fingerprint density at radius 3 is 2.82 bits per heavy atom. The number of benzene rings is 1. The summed E-state index contributed by atoms with van der Waals surface area (Å²) < 4.78 is 13.6. The average Bonchev–Trinajstić information content (AvgIpc) is 2.82. The molecule has 0 spiro atoms. The number of hydrogen-bond donors (Lipinski definition) is 2. The Morgan fingerprint density at radius 2 is 2.24 bits per heavy atom. The summed E-state index contributed by atoms with van der Waals surface area (Å²) in [6.45, 7) is 0. The van der Waals surface area contributed by atoms with E-state index in [9.17, 15) is 4.39 Å². The molecule has 0 aliphatic heterocycles. The third kappa shape index (κ3) is 2.84. The Hall–Kier alpha value is -0.940. The Bertz CT molecular complexity index is 467. The molecule has 17 heavy (non-hydrogen) atoms. The van der Waals surface area contributed by atoms with Gasteiger partial charge in [-0.15, -0.1) is 0 Å². The van der Waals surface area contributed by atoms with Gasteiger partial charge in [-0.05, 0) is 40.9 Å². The van der Waals surface area contributed by atoms with Gasteiger partial charge in [-0.1, -0.05) is 17.7 Å². The van der Waals surface area contributed by atoms with Crippen LogP contribution in [0.4, 0.5) is 4.39 Å². The third-order valence-electron chi connectivity index (χ3n) is 2.62. The van der Waals surface area contributed by atoms with Crippen molar-refractivity contribution in [3.05, 3.63) is 57.0 Å². The summed E-state index contributed by atoms with van der Waals surface area (Å²) in [4.78, 5) is 0. The molecule has 1 aromatic carbocycles. The largest absolute Gasteiger partial charge is 0.271 e. The Kier molecular flexibility index (Phi) is 4.12. The molecule has 1 aromatic heterocycles. The molecular formula is C12H12ClFN2S. The van der Waals surface area contributed by atoms with Crippen LogP contribution in [0.2, 0.25) is 5.02 Å². The SMILES string of the molecule is NNC(Cc1c(F)cccc1Cl)c1ccsc1. The normalized spacial score (nSPS) is 12.6. The summed E-state index contributed by atoms with van der Waals surface area (Å²) in [7, 11) is 0. The van der Waals surface area contributed by atoms with Crippen LogP contribution in [0.1, 0.15) is 17.2 Å². The standard InChI is InChI=1S/C12H12ClFN2S/c13-10-2-1-3-11(14)9(10)6-12(16-15)8-4-5-17-7-8/h1-5,7,12,16H,6,15H2. The van der Waals surface area contributed by atoms with Gasteiger partial charge in [-0.3, -0.25) is 11.3 Å². The molecule has 0 saturated carbocycles. The second kappa shape index (κ2) is 5.60. The summed E-state index contributed by atoms with van der Waals surface area (Å²) >= 11 is 7.57. The van der Waals surface area contributed by atoms with Gasteiger partial charge in [-0.25, -0.2) is 4.39 Å². The lowest BCUT2D eigenvalue weighted by Crippen LogP contribution is -2.29. The molecule has 0 fully saturated rings. The van der Waals surface area contributed by atoms with Crippen molar-refractivity contribution in [1.82, 2.24) is 5.43 Å². The van der Waals surface area contributed by atoms with Crippen LogP contribution in [-0.4, -0.2) is 0 Å². The molecule has 2 nitrogen and oxygen atoms in total. The van der Waals surface area contributed by atoms with Crippen molar-refractivity contribution in [2.45, 2.75) is 12.5 Å². The van der Waals surface area contributed by atoms with E-state index in [0.717, 1.165) is 5.56 Å². The van der Waals surface area contributed by atoms with E-state index in [1.165, 1.54) is 6.07 Å². The molecule has 1 atom stereocenters. The molecule has 0 amide bonds. The highest BCUT2D eigenvalue weighted by molar-refractivity contribution is 7.07. The minimum absolute atomic E-state index is 0.129. The first-order valence-corrected chi connectivity index (χ1v) is 6.45. The molecule has 1 heterocycles. The van der Waals surface area contributed by atoms with Gasteiger partial charge in [0, 0.05) is 10.6 Å². The molecule has 0 radical (unpaired) electrons. The van der Waals surface area contributed by atoms with Crippen LogP contribution in [0, 0.1) is 5.82 Å². The van der Waals surface area contributed by atoms with E-state index in [1.54, 1.807) is 23.5 Å². The Labute approximate surface area is 108 Å². The van der Waals surface area contributed by atoms with Gasteiger partial charge >= 0.3 is 0 Å². The first kappa shape index (κ1) is 12.5. The fourth-order valence-electron chi connectivity index (χ4n) is 1.68. The fourth-order valence-corrected chi connectivity index (χ4v) is 2.63. The number of hydrogen-bond acceptors (Lipinski definition) is 3. The van der Waals surface area contributed by atoms with Gasteiger partial charge in [0.25, 0.3) is 0 Å². The molecule has 5 heteroatoms. The van der Waals surface area contributed by atoms with Gasteiger partial charge in [0.15, 0.2) is 0 Å². The minimum Gasteiger partial charge on any atom is -0.271 e. The maximum absolute atomic E-state index is 13.6. The zero-order chi connectivity index (χ0) is 12.3.